The molecule has 0 aromatic heterocycles. The number of nitrogens with zero attached hydrogens (tertiary/aromatic N) is 1. The van der Waals surface area contributed by atoms with Crippen LogP contribution in [-0.4, -0.2) is 38.2 Å². The molecule has 1 aromatic carbocycles. The molecule has 116 valence electrons. The van der Waals surface area contributed by atoms with Crippen molar-refractivity contribution in [3.63, 3.8) is 0 Å². The van der Waals surface area contributed by atoms with E-state index < -0.39 is 0 Å². The van der Waals surface area contributed by atoms with Crippen LogP contribution in [0.4, 0.5) is 0 Å². The predicted octanol–water partition coefficient (Wildman–Crippen LogP) is 3.14. The van der Waals surface area contributed by atoms with Crippen molar-refractivity contribution in [3.05, 3.63) is 29.3 Å². The molecule has 21 heavy (non-hydrogen) atoms. The van der Waals surface area contributed by atoms with Gasteiger partial charge in [0.15, 0.2) is 0 Å². The third-order valence-corrected chi connectivity index (χ3v) is 4.78. The largest absolute Gasteiger partial charge is 0.496 e. The normalized spacial score (nSPS) is 19.8. The number of nitrogens with one attached hydrogen (secondary N) is 1. The molecule has 1 N–H and O–H groups in total. The lowest BCUT2D eigenvalue weighted by atomic mass is 10.0. The first-order chi connectivity index (χ1) is 10.2. The van der Waals surface area contributed by atoms with E-state index in [1.807, 2.05) is 0 Å². The van der Waals surface area contributed by atoms with Crippen molar-refractivity contribution >= 4 is 0 Å². The monoisotopic (exact) mass is 288 g/mol. The molecular formula is C18H28N2O. The average molecular weight is 288 g/mol. The molecule has 1 unspecified atom stereocenters. The van der Waals surface area contributed by atoms with Crippen molar-refractivity contribution in [2.75, 3.05) is 27.2 Å². The SMILES string of the molecule is CNC(CN(CC1CC1)C1CC1)c1cc(C)ccc1OC. The maximum Gasteiger partial charge on any atom is 0.123 e. The first-order valence-electron chi connectivity index (χ1n) is 8.27. The highest BCUT2D eigenvalue weighted by molar-refractivity contribution is 5.39. The van der Waals surface area contributed by atoms with Gasteiger partial charge in [0, 0.05) is 30.7 Å². The lowest BCUT2D eigenvalue weighted by Gasteiger charge is -2.28. The Kier molecular flexibility index (Phi) is 4.51. The maximum atomic E-state index is 5.58. The number of aryl methyl sites for hydroxylation is 1. The van der Waals surface area contributed by atoms with Crippen LogP contribution in [0.15, 0.2) is 18.2 Å². The van der Waals surface area contributed by atoms with Gasteiger partial charge in [-0.15, -0.1) is 0 Å². The molecule has 2 fully saturated rings. The van der Waals surface area contributed by atoms with Gasteiger partial charge in [0.1, 0.15) is 5.75 Å². The van der Waals surface area contributed by atoms with Crippen molar-refractivity contribution in [1.29, 1.82) is 0 Å². The number of methoxy groups -OCH3 is 1. The zero-order valence-electron chi connectivity index (χ0n) is 13.6. The van der Waals surface area contributed by atoms with Crippen molar-refractivity contribution in [3.8, 4) is 5.75 Å². The zero-order chi connectivity index (χ0) is 14.8. The Labute approximate surface area is 128 Å². The van der Waals surface area contributed by atoms with E-state index in [4.69, 9.17) is 4.74 Å². The minimum Gasteiger partial charge on any atom is -0.496 e. The minimum atomic E-state index is 0.346. The summed E-state index contributed by atoms with van der Waals surface area (Å²) in [6, 6.07) is 7.66. The Bertz CT molecular complexity index is 480. The Balaban J connectivity index is 1.75. The first-order valence-corrected chi connectivity index (χ1v) is 8.27. The van der Waals surface area contributed by atoms with Crippen LogP contribution in [0.5, 0.6) is 5.75 Å². The fraction of sp³-hybridized carbons (Fsp3) is 0.667. The Morgan fingerprint density at radius 2 is 2.05 bits per heavy atom. The quantitative estimate of drug-likeness (QED) is 0.795. The summed E-state index contributed by atoms with van der Waals surface area (Å²) < 4.78 is 5.58. The third-order valence-electron chi connectivity index (χ3n) is 4.78. The maximum absolute atomic E-state index is 5.58. The molecule has 3 heteroatoms. The predicted molar refractivity (Wildman–Crippen MR) is 86.9 cm³/mol. The van der Waals surface area contributed by atoms with E-state index in [0.29, 0.717) is 6.04 Å². The molecule has 0 saturated heterocycles. The molecular weight excluding hydrogens is 260 g/mol. The summed E-state index contributed by atoms with van der Waals surface area (Å²) in [4.78, 5) is 2.71. The van der Waals surface area contributed by atoms with E-state index in [9.17, 15) is 0 Å². The van der Waals surface area contributed by atoms with Gasteiger partial charge in [-0.05, 0) is 51.6 Å². The van der Waals surface area contributed by atoms with E-state index in [2.05, 4.69) is 42.4 Å². The number of hydrogen-bond donors (Lipinski definition) is 1. The summed E-state index contributed by atoms with van der Waals surface area (Å²) in [6.45, 7) is 4.53. The van der Waals surface area contributed by atoms with E-state index in [1.165, 1.54) is 43.4 Å². The number of benzene rings is 1. The third kappa shape index (κ3) is 3.78. The van der Waals surface area contributed by atoms with Crippen LogP contribution >= 0.6 is 0 Å². The van der Waals surface area contributed by atoms with E-state index in [-0.39, 0.29) is 0 Å². The van der Waals surface area contributed by atoms with Gasteiger partial charge in [-0.25, -0.2) is 0 Å². The first kappa shape index (κ1) is 14.9. The van der Waals surface area contributed by atoms with Crippen LogP contribution in [0.1, 0.15) is 42.9 Å². The lowest BCUT2D eigenvalue weighted by Crippen LogP contribution is -2.36. The van der Waals surface area contributed by atoms with Gasteiger partial charge in [0.2, 0.25) is 0 Å². The van der Waals surface area contributed by atoms with Gasteiger partial charge >= 0.3 is 0 Å². The van der Waals surface area contributed by atoms with Gasteiger partial charge < -0.3 is 10.1 Å². The molecule has 2 saturated carbocycles. The van der Waals surface area contributed by atoms with E-state index >= 15 is 0 Å². The fourth-order valence-corrected chi connectivity index (χ4v) is 3.15. The summed E-state index contributed by atoms with van der Waals surface area (Å²) in [7, 11) is 3.83. The second-order valence-corrected chi connectivity index (χ2v) is 6.72. The van der Waals surface area contributed by atoms with Crippen molar-refractivity contribution < 1.29 is 4.74 Å². The summed E-state index contributed by atoms with van der Waals surface area (Å²) in [6.07, 6.45) is 5.63. The average Bonchev–Trinajstić information content (AvgIpc) is 3.37. The smallest absolute Gasteiger partial charge is 0.123 e. The van der Waals surface area contributed by atoms with Crippen LogP contribution in [0, 0.1) is 12.8 Å². The highest BCUT2D eigenvalue weighted by Gasteiger charge is 2.35. The summed E-state index contributed by atoms with van der Waals surface area (Å²) in [5.41, 5.74) is 2.59. The standard InChI is InChI=1S/C18H28N2O/c1-13-4-9-18(21-3)16(10-13)17(19-2)12-20(15-7-8-15)11-14-5-6-14/h4,9-10,14-15,17,19H,5-8,11-12H2,1-3H3. The lowest BCUT2D eigenvalue weighted by molar-refractivity contribution is 0.225. The number of rotatable bonds is 8. The van der Waals surface area contributed by atoms with Gasteiger partial charge in [0.25, 0.3) is 0 Å². The van der Waals surface area contributed by atoms with Gasteiger partial charge in [0.05, 0.1) is 7.11 Å². The minimum absolute atomic E-state index is 0.346. The summed E-state index contributed by atoms with van der Waals surface area (Å²) in [5.74, 6) is 1.96. The van der Waals surface area contributed by atoms with Crippen LogP contribution in [0.25, 0.3) is 0 Å². The van der Waals surface area contributed by atoms with Crippen molar-refractivity contribution in [2.24, 2.45) is 5.92 Å². The van der Waals surface area contributed by atoms with Crippen LogP contribution in [0.2, 0.25) is 0 Å². The molecule has 0 radical (unpaired) electrons. The molecule has 0 amide bonds. The molecule has 1 aromatic rings. The zero-order valence-corrected chi connectivity index (χ0v) is 13.6. The topological polar surface area (TPSA) is 24.5 Å². The molecule has 3 nitrogen and oxygen atoms in total. The van der Waals surface area contributed by atoms with Crippen molar-refractivity contribution in [2.45, 2.75) is 44.7 Å². The molecule has 0 aliphatic heterocycles. The molecule has 1 atom stereocenters. The molecule has 0 bridgehead atoms. The molecule has 2 aliphatic carbocycles. The van der Waals surface area contributed by atoms with Crippen LogP contribution in [-0.2, 0) is 0 Å². The Hall–Kier alpha value is -1.06. The van der Waals surface area contributed by atoms with Crippen LogP contribution < -0.4 is 10.1 Å². The number of likely N-dealkylation sites (N-methyl/N-ethyl adjacent to an activating group) is 1. The highest BCUT2D eigenvalue weighted by atomic mass is 16.5. The van der Waals surface area contributed by atoms with Gasteiger partial charge in [-0.1, -0.05) is 17.7 Å². The van der Waals surface area contributed by atoms with Crippen molar-refractivity contribution in [1.82, 2.24) is 10.2 Å². The van der Waals surface area contributed by atoms with E-state index in [1.54, 1.807) is 7.11 Å². The highest BCUT2D eigenvalue weighted by Crippen LogP contribution is 2.36. The second kappa shape index (κ2) is 6.37. The van der Waals surface area contributed by atoms with Gasteiger partial charge in [-0.3, -0.25) is 4.90 Å². The Morgan fingerprint density at radius 3 is 2.62 bits per heavy atom. The molecule has 3 rings (SSSR count). The van der Waals surface area contributed by atoms with Crippen LogP contribution in [0.3, 0.4) is 0 Å². The molecule has 0 heterocycles. The molecule has 0 spiro atoms. The second-order valence-electron chi connectivity index (χ2n) is 6.72. The summed E-state index contributed by atoms with van der Waals surface area (Å²) in [5, 5.41) is 3.51. The summed E-state index contributed by atoms with van der Waals surface area (Å²) >= 11 is 0. The molecule has 2 aliphatic rings. The number of hydrogen-bond acceptors (Lipinski definition) is 3. The fourth-order valence-electron chi connectivity index (χ4n) is 3.15. The number of ether oxygens (including phenoxy) is 1. The van der Waals surface area contributed by atoms with Gasteiger partial charge in [-0.2, -0.15) is 0 Å². The van der Waals surface area contributed by atoms with E-state index in [0.717, 1.165) is 24.3 Å². The Morgan fingerprint density at radius 1 is 1.29 bits per heavy atom.